The van der Waals surface area contributed by atoms with Gasteiger partial charge in [-0.2, -0.15) is 0 Å². The van der Waals surface area contributed by atoms with Crippen LogP contribution >= 0.6 is 0 Å². The van der Waals surface area contributed by atoms with E-state index in [-0.39, 0.29) is 5.54 Å². The van der Waals surface area contributed by atoms with Crippen molar-refractivity contribution in [2.24, 2.45) is 0 Å². The highest BCUT2D eigenvalue weighted by atomic mass is 15.2. The van der Waals surface area contributed by atoms with Crippen molar-refractivity contribution in [1.29, 1.82) is 0 Å². The lowest BCUT2D eigenvalue weighted by Crippen LogP contribution is -2.60. The maximum Gasteiger partial charge on any atom is 0.0334 e. The fraction of sp³-hybridized carbons (Fsp3) is 0.684. The molecule has 0 saturated heterocycles. The molecule has 1 aromatic rings. The molecule has 0 aliphatic carbocycles. The minimum absolute atomic E-state index is 0.198. The van der Waals surface area contributed by atoms with Crippen molar-refractivity contribution in [2.75, 3.05) is 19.6 Å². The molecule has 120 valence electrons. The van der Waals surface area contributed by atoms with Crippen molar-refractivity contribution in [2.45, 2.75) is 66.0 Å². The molecule has 0 heterocycles. The van der Waals surface area contributed by atoms with Gasteiger partial charge >= 0.3 is 0 Å². The van der Waals surface area contributed by atoms with Gasteiger partial charge in [-0.1, -0.05) is 57.5 Å². The van der Waals surface area contributed by atoms with Gasteiger partial charge in [0.1, 0.15) is 0 Å². The van der Waals surface area contributed by atoms with Crippen LogP contribution in [0.15, 0.2) is 24.3 Å². The monoisotopic (exact) mass is 290 g/mol. The van der Waals surface area contributed by atoms with Crippen molar-refractivity contribution < 1.29 is 0 Å². The number of aryl methyl sites for hydroxylation is 1. The highest BCUT2D eigenvalue weighted by molar-refractivity contribution is 5.24. The average Bonchev–Trinajstić information content (AvgIpc) is 2.47. The molecule has 0 bridgehead atoms. The fourth-order valence-corrected chi connectivity index (χ4v) is 3.47. The Bertz CT molecular complexity index is 412. The Morgan fingerprint density at radius 2 is 1.81 bits per heavy atom. The number of nitrogens with zero attached hydrogens (tertiary/aromatic N) is 1. The van der Waals surface area contributed by atoms with Gasteiger partial charge in [-0.05, 0) is 51.9 Å². The highest BCUT2D eigenvalue weighted by Crippen LogP contribution is 2.26. The van der Waals surface area contributed by atoms with E-state index in [1.165, 1.54) is 11.1 Å². The maximum atomic E-state index is 3.75. The van der Waals surface area contributed by atoms with Crippen molar-refractivity contribution in [3.05, 3.63) is 35.4 Å². The Kier molecular flexibility index (Phi) is 7.41. The van der Waals surface area contributed by atoms with Gasteiger partial charge in [0.25, 0.3) is 0 Å². The lowest BCUT2D eigenvalue weighted by Gasteiger charge is -2.46. The minimum atomic E-state index is 0.198. The average molecular weight is 290 g/mol. The Morgan fingerprint density at radius 1 is 1.14 bits per heavy atom. The van der Waals surface area contributed by atoms with Gasteiger partial charge in [-0.15, -0.1) is 0 Å². The number of likely N-dealkylation sites (N-methyl/N-ethyl adjacent to an activating group) is 2. The maximum absolute atomic E-state index is 3.75. The Hall–Kier alpha value is -0.860. The zero-order valence-corrected chi connectivity index (χ0v) is 14.9. The third-order valence-corrected chi connectivity index (χ3v) is 4.93. The molecule has 0 aromatic heterocycles. The number of nitrogens with one attached hydrogen (secondary N) is 1. The van der Waals surface area contributed by atoms with Crippen LogP contribution in [0.2, 0.25) is 0 Å². The first-order valence-electron chi connectivity index (χ1n) is 8.55. The van der Waals surface area contributed by atoms with Crippen LogP contribution in [0.25, 0.3) is 0 Å². The molecule has 21 heavy (non-hydrogen) atoms. The molecule has 0 radical (unpaired) electrons. The number of hydrogen-bond acceptors (Lipinski definition) is 2. The van der Waals surface area contributed by atoms with E-state index in [0.717, 1.165) is 32.5 Å². The van der Waals surface area contributed by atoms with Crippen LogP contribution in [-0.2, 0) is 6.42 Å². The summed E-state index contributed by atoms with van der Waals surface area (Å²) in [6.45, 7) is 16.9. The first-order chi connectivity index (χ1) is 10.0. The first kappa shape index (κ1) is 18.2. The van der Waals surface area contributed by atoms with Crippen molar-refractivity contribution >= 4 is 0 Å². The van der Waals surface area contributed by atoms with E-state index in [9.17, 15) is 0 Å². The van der Waals surface area contributed by atoms with Crippen LogP contribution in [0, 0.1) is 6.92 Å². The summed E-state index contributed by atoms with van der Waals surface area (Å²) >= 11 is 0. The zero-order valence-electron chi connectivity index (χ0n) is 14.9. The molecular formula is C19H34N2. The predicted molar refractivity (Wildman–Crippen MR) is 94.0 cm³/mol. The van der Waals surface area contributed by atoms with Crippen LogP contribution in [0.1, 0.15) is 52.2 Å². The van der Waals surface area contributed by atoms with Crippen molar-refractivity contribution in [3.63, 3.8) is 0 Å². The highest BCUT2D eigenvalue weighted by Gasteiger charge is 2.36. The standard InChI is InChI=1S/C19H34N2/c1-7-19(6,21(9-3)10-4)18(20-8-2)15-17-13-11-12-16(5)14-17/h11-14,18,20H,7-10,15H2,1-6H3. The van der Waals surface area contributed by atoms with Gasteiger partial charge in [0, 0.05) is 11.6 Å². The summed E-state index contributed by atoms with van der Waals surface area (Å²) in [5, 5.41) is 3.75. The van der Waals surface area contributed by atoms with Gasteiger partial charge in [0.2, 0.25) is 0 Å². The smallest absolute Gasteiger partial charge is 0.0334 e. The number of benzene rings is 1. The van der Waals surface area contributed by atoms with Gasteiger partial charge in [0.15, 0.2) is 0 Å². The summed E-state index contributed by atoms with van der Waals surface area (Å²) in [5.41, 5.74) is 2.99. The van der Waals surface area contributed by atoms with Crippen molar-refractivity contribution in [3.8, 4) is 0 Å². The fourth-order valence-electron chi connectivity index (χ4n) is 3.47. The van der Waals surface area contributed by atoms with Crippen LogP contribution in [0.3, 0.4) is 0 Å². The third kappa shape index (κ3) is 4.55. The molecule has 2 heteroatoms. The Labute approximate surface area is 131 Å². The van der Waals surface area contributed by atoms with Crippen LogP contribution in [0.4, 0.5) is 0 Å². The molecule has 0 saturated carbocycles. The second kappa shape index (κ2) is 8.55. The van der Waals surface area contributed by atoms with E-state index in [4.69, 9.17) is 0 Å². The van der Waals surface area contributed by atoms with E-state index < -0.39 is 0 Å². The molecular weight excluding hydrogens is 256 g/mol. The van der Waals surface area contributed by atoms with Crippen molar-refractivity contribution in [1.82, 2.24) is 10.2 Å². The normalized spacial score (nSPS) is 16.0. The molecule has 1 aromatic carbocycles. The van der Waals surface area contributed by atoms with Gasteiger partial charge in [-0.25, -0.2) is 0 Å². The molecule has 0 fully saturated rings. The van der Waals surface area contributed by atoms with E-state index >= 15 is 0 Å². The largest absolute Gasteiger partial charge is 0.312 e. The summed E-state index contributed by atoms with van der Waals surface area (Å²) in [4.78, 5) is 2.61. The second-order valence-electron chi connectivity index (χ2n) is 6.19. The molecule has 1 N–H and O–H groups in total. The van der Waals surface area contributed by atoms with E-state index in [1.54, 1.807) is 0 Å². The van der Waals surface area contributed by atoms with E-state index in [0.29, 0.717) is 6.04 Å². The first-order valence-corrected chi connectivity index (χ1v) is 8.55. The van der Waals surface area contributed by atoms with E-state index in [1.807, 2.05) is 0 Å². The topological polar surface area (TPSA) is 15.3 Å². The zero-order chi connectivity index (χ0) is 15.9. The molecule has 2 unspecified atom stereocenters. The molecule has 2 atom stereocenters. The van der Waals surface area contributed by atoms with Crippen LogP contribution < -0.4 is 5.32 Å². The predicted octanol–water partition coefficient (Wildman–Crippen LogP) is 4.03. The van der Waals surface area contributed by atoms with Crippen LogP contribution in [0.5, 0.6) is 0 Å². The molecule has 2 nitrogen and oxygen atoms in total. The second-order valence-corrected chi connectivity index (χ2v) is 6.19. The quantitative estimate of drug-likeness (QED) is 0.739. The summed E-state index contributed by atoms with van der Waals surface area (Å²) in [6.07, 6.45) is 2.26. The number of rotatable bonds is 9. The summed E-state index contributed by atoms with van der Waals surface area (Å²) in [6, 6.07) is 9.41. The minimum Gasteiger partial charge on any atom is -0.312 e. The van der Waals surface area contributed by atoms with Gasteiger partial charge in [0.05, 0.1) is 0 Å². The summed E-state index contributed by atoms with van der Waals surface area (Å²) in [7, 11) is 0. The SMILES string of the molecule is CCNC(Cc1cccc(C)c1)C(C)(CC)N(CC)CC. The molecule has 0 spiro atoms. The van der Waals surface area contributed by atoms with Crippen LogP contribution in [-0.4, -0.2) is 36.1 Å². The van der Waals surface area contributed by atoms with Gasteiger partial charge in [-0.3, -0.25) is 4.90 Å². The molecule has 0 aliphatic rings. The summed E-state index contributed by atoms with van der Waals surface area (Å²) in [5.74, 6) is 0. The van der Waals surface area contributed by atoms with E-state index in [2.05, 4.69) is 76.0 Å². The molecule has 0 amide bonds. The third-order valence-electron chi connectivity index (χ3n) is 4.93. The Balaban J connectivity index is 3.02. The Morgan fingerprint density at radius 3 is 2.29 bits per heavy atom. The molecule has 1 rings (SSSR count). The van der Waals surface area contributed by atoms with Gasteiger partial charge < -0.3 is 5.32 Å². The lowest BCUT2D eigenvalue weighted by atomic mass is 9.83. The number of hydrogen-bond donors (Lipinski definition) is 1. The molecule has 0 aliphatic heterocycles. The summed E-state index contributed by atoms with van der Waals surface area (Å²) < 4.78 is 0. The lowest BCUT2D eigenvalue weighted by molar-refractivity contribution is 0.0707.